The molecule has 2 aromatic rings. The van der Waals surface area contributed by atoms with Crippen LogP contribution >= 0.6 is 27.3 Å². The van der Waals surface area contributed by atoms with E-state index in [-0.39, 0.29) is 0 Å². The van der Waals surface area contributed by atoms with Crippen LogP contribution in [0.3, 0.4) is 0 Å². The second kappa shape index (κ2) is 6.39. The molecule has 1 fully saturated rings. The van der Waals surface area contributed by atoms with Gasteiger partial charge in [0.25, 0.3) is 0 Å². The van der Waals surface area contributed by atoms with Gasteiger partial charge < -0.3 is 5.32 Å². The summed E-state index contributed by atoms with van der Waals surface area (Å²) in [5.74, 6) is 0. The fourth-order valence-electron chi connectivity index (χ4n) is 2.80. The first-order valence-electron chi connectivity index (χ1n) is 6.97. The highest BCUT2D eigenvalue weighted by Crippen LogP contribution is 2.28. The van der Waals surface area contributed by atoms with Crippen molar-refractivity contribution in [2.24, 2.45) is 0 Å². The van der Waals surface area contributed by atoms with Crippen LogP contribution in [0.4, 0.5) is 0 Å². The molecule has 0 amide bonds. The third kappa shape index (κ3) is 3.31. The number of hydrogen-bond acceptors (Lipinski definition) is 3. The van der Waals surface area contributed by atoms with E-state index in [1.165, 1.54) is 14.9 Å². The van der Waals surface area contributed by atoms with Crippen LogP contribution < -0.4 is 5.32 Å². The summed E-state index contributed by atoms with van der Waals surface area (Å²) in [6.07, 6.45) is 0. The topological polar surface area (TPSA) is 15.3 Å². The van der Waals surface area contributed by atoms with Gasteiger partial charge in [0.2, 0.25) is 0 Å². The Hall–Kier alpha value is -0.680. The molecule has 2 nitrogen and oxygen atoms in total. The summed E-state index contributed by atoms with van der Waals surface area (Å²) in [5.41, 5.74) is 1.41. The molecule has 2 heterocycles. The second-order valence-electron chi connectivity index (χ2n) is 5.40. The van der Waals surface area contributed by atoms with Gasteiger partial charge in [-0.15, -0.1) is 11.3 Å². The molecular formula is C16H19BrN2S. The van der Waals surface area contributed by atoms with Crippen molar-refractivity contribution < 1.29 is 0 Å². The molecule has 2 unspecified atom stereocenters. The van der Waals surface area contributed by atoms with Gasteiger partial charge in [0, 0.05) is 46.4 Å². The summed E-state index contributed by atoms with van der Waals surface area (Å²) in [7, 11) is 0. The maximum absolute atomic E-state index is 3.60. The fourth-order valence-corrected chi connectivity index (χ4v) is 4.28. The van der Waals surface area contributed by atoms with Crippen LogP contribution in [-0.4, -0.2) is 24.0 Å². The quantitative estimate of drug-likeness (QED) is 0.898. The number of piperazine rings is 1. The van der Waals surface area contributed by atoms with Crippen molar-refractivity contribution >= 4 is 27.3 Å². The summed E-state index contributed by atoms with van der Waals surface area (Å²) >= 11 is 5.38. The Kier molecular flexibility index (Phi) is 4.56. The Balaban J connectivity index is 1.80. The van der Waals surface area contributed by atoms with Gasteiger partial charge in [-0.25, -0.2) is 0 Å². The maximum Gasteiger partial charge on any atom is 0.0477 e. The second-order valence-corrected chi connectivity index (χ2v) is 7.31. The minimum absolute atomic E-state index is 0.466. The van der Waals surface area contributed by atoms with E-state index in [2.05, 4.69) is 74.8 Å². The Bertz CT molecular complexity index is 555. The van der Waals surface area contributed by atoms with Crippen molar-refractivity contribution in [3.63, 3.8) is 0 Å². The molecule has 2 atom stereocenters. The van der Waals surface area contributed by atoms with Gasteiger partial charge in [-0.3, -0.25) is 4.90 Å². The smallest absolute Gasteiger partial charge is 0.0477 e. The monoisotopic (exact) mass is 350 g/mol. The Labute approximate surface area is 132 Å². The summed E-state index contributed by atoms with van der Waals surface area (Å²) in [5, 5.41) is 5.77. The van der Waals surface area contributed by atoms with E-state index in [4.69, 9.17) is 0 Å². The molecule has 4 heteroatoms. The highest BCUT2D eigenvalue weighted by atomic mass is 79.9. The molecule has 1 aromatic heterocycles. The molecule has 106 valence electrons. The first-order chi connectivity index (χ1) is 9.72. The van der Waals surface area contributed by atoms with Gasteiger partial charge in [0.1, 0.15) is 0 Å². The molecular weight excluding hydrogens is 332 g/mol. The first kappa shape index (κ1) is 14.3. The average molecular weight is 351 g/mol. The molecule has 0 radical (unpaired) electrons. The van der Waals surface area contributed by atoms with Crippen molar-refractivity contribution in [1.29, 1.82) is 0 Å². The van der Waals surface area contributed by atoms with Gasteiger partial charge in [-0.05, 0) is 34.5 Å². The molecule has 0 spiro atoms. The standard InChI is InChI=1S/C16H19BrN2S/c1-12-9-19(10-15-7-14(17)11-20-15)16(8-18-12)13-5-3-2-4-6-13/h2-7,11-12,16,18H,8-10H2,1H3. The van der Waals surface area contributed by atoms with E-state index in [0.29, 0.717) is 12.1 Å². The molecule has 3 rings (SSSR count). The van der Waals surface area contributed by atoms with Gasteiger partial charge in [-0.2, -0.15) is 0 Å². The zero-order valence-electron chi connectivity index (χ0n) is 11.6. The summed E-state index contributed by atoms with van der Waals surface area (Å²) < 4.78 is 1.19. The molecule has 1 aliphatic rings. The summed E-state index contributed by atoms with van der Waals surface area (Å²) in [4.78, 5) is 4.02. The van der Waals surface area contributed by atoms with Crippen LogP contribution in [0, 0.1) is 0 Å². The van der Waals surface area contributed by atoms with E-state index in [0.717, 1.165) is 19.6 Å². The van der Waals surface area contributed by atoms with Crippen LogP contribution in [0.1, 0.15) is 23.4 Å². The van der Waals surface area contributed by atoms with Crippen molar-refractivity contribution in [1.82, 2.24) is 10.2 Å². The van der Waals surface area contributed by atoms with Crippen LogP contribution in [0.25, 0.3) is 0 Å². The van der Waals surface area contributed by atoms with Crippen molar-refractivity contribution in [2.75, 3.05) is 13.1 Å². The largest absolute Gasteiger partial charge is 0.311 e. The number of nitrogens with zero attached hydrogens (tertiary/aromatic N) is 1. The van der Waals surface area contributed by atoms with E-state index >= 15 is 0 Å². The lowest BCUT2D eigenvalue weighted by molar-refractivity contribution is 0.129. The lowest BCUT2D eigenvalue weighted by Gasteiger charge is -2.39. The number of rotatable bonds is 3. The zero-order valence-corrected chi connectivity index (χ0v) is 14.0. The molecule has 0 aliphatic carbocycles. The Morgan fingerprint density at radius 1 is 1.35 bits per heavy atom. The van der Waals surface area contributed by atoms with E-state index in [9.17, 15) is 0 Å². The lowest BCUT2D eigenvalue weighted by Crippen LogP contribution is -2.50. The zero-order chi connectivity index (χ0) is 13.9. The normalized spacial score (nSPS) is 23.9. The molecule has 1 aromatic carbocycles. The molecule has 1 aliphatic heterocycles. The predicted molar refractivity (Wildman–Crippen MR) is 89.1 cm³/mol. The summed E-state index contributed by atoms with van der Waals surface area (Å²) in [6.45, 7) is 5.41. The third-order valence-electron chi connectivity index (χ3n) is 3.77. The third-order valence-corrected chi connectivity index (χ3v) is 5.46. The maximum atomic E-state index is 3.60. The number of nitrogens with one attached hydrogen (secondary N) is 1. The number of benzene rings is 1. The molecule has 1 N–H and O–H groups in total. The first-order valence-corrected chi connectivity index (χ1v) is 8.65. The molecule has 0 saturated carbocycles. The van der Waals surface area contributed by atoms with Gasteiger partial charge in [0.05, 0.1) is 0 Å². The number of thiophene rings is 1. The van der Waals surface area contributed by atoms with Crippen LogP contribution in [0.5, 0.6) is 0 Å². The highest BCUT2D eigenvalue weighted by molar-refractivity contribution is 9.10. The van der Waals surface area contributed by atoms with Crippen LogP contribution in [-0.2, 0) is 6.54 Å². The number of hydrogen-bond donors (Lipinski definition) is 1. The van der Waals surface area contributed by atoms with Crippen LogP contribution in [0.15, 0.2) is 46.3 Å². The van der Waals surface area contributed by atoms with Gasteiger partial charge in [-0.1, -0.05) is 30.3 Å². The van der Waals surface area contributed by atoms with Crippen LogP contribution in [0.2, 0.25) is 0 Å². The minimum Gasteiger partial charge on any atom is -0.311 e. The van der Waals surface area contributed by atoms with Gasteiger partial charge >= 0.3 is 0 Å². The lowest BCUT2D eigenvalue weighted by atomic mass is 10.0. The highest BCUT2D eigenvalue weighted by Gasteiger charge is 2.27. The minimum atomic E-state index is 0.466. The summed E-state index contributed by atoms with van der Waals surface area (Å²) in [6, 6.07) is 14.1. The van der Waals surface area contributed by atoms with Crippen molar-refractivity contribution in [3.05, 3.63) is 56.7 Å². The molecule has 1 saturated heterocycles. The van der Waals surface area contributed by atoms with Crippen molar-refractivity contribution in [3.8, 4) is 0 Å². The molecule has 20 heavy (non-hydrogen) atoms. The Morgan fingerprint density at radius 3 is 2.85 bits per heavy atom. The SMILES string of the molecule is CC1CN(Cc2cc(Br)cs2)C(c2ccccc2)CN1. The molecule has 0 bridgehead atoms. The van der Waals surface area contributed by atoms with E-state index in [1.807, 2.05) is 11.3 Å². The van der Waals surface area contributed by atoms with E-state index in [1.54, 1.807) is 0 Å². The van der Waals surface area contributed by atoms with E-state index < -0.39 is 0 Å². The van der Waals surface area contributed by atoms with Crippen molar-refractivity contribution in [2.45, 2.75) is 25.6 Å². The fraction of sp³-hybridized carbons (Fsp3) is 0.375. The average Bonchev–Trinajstić information content (AvgIpc) is 2.85. The number of halogens is 1. The Morgan fingerprint density at radius 2 is 2.15 bits per heavy atom. The predicted octanol–water partition coefficient (Wildman–Crippen LogP) is 4.05. The van der Waals surface area contributed by atoms with Gasteiger partial charge in [0.15, 0.2) is 0 Å².